The van der Waals surface area contributed by atoms with E-state index in [1.807, 2.05) is 13.1 Å². The maximum Gasteiger partial charge on any atom is 0.147 e. The van der Waals surface area contributed by atoms with Crippen molar-refractivity contribution in [3.63, 3.8) is 0 Å². The Morgan fingerprint density at radius 1 is 1.39 bits per heavy atom. The van der Waals surface area contributed by atoms with Crippen molar-refractivity contribution < 1.29 is 4.79 Å². The number of pyridine rings is 1. The summed E-state index contributed by atoms with van der Waals surface area (Å²) in [5.41, 5.74) is 1.60. The van der Waals surface area contributed by atoms with Gasteiger partial charge in [-0.3, -0.25) is 9.67 Å². The van der Waals surface area contributed by atoms with E-state index in [9.17, 15) is 4.79 Å². The fraction of sp³-hybridized carbons (Fsp3) is 0.308. The Labute approximate surface area is 111 Å². The van der Waals surface area contributed by atoms with E-state index in [-0.39, 0.29) is 0 Å². The first-order valence-corrected chi connectivity index (χ1v) is 5.97. The molecule has 0 aromatic carbocycles. The number of nitrogens with zero attached hydrogens (tertiary/aromatic N) is 3. The summed E-state index contributed by atoms with van der Waals surface area (Å²) in [7, 11) is 0. The zero-order valence-corrected chi connectivity index (χ0v) is 11.3. The largest absolute Gasteiger partial charge is 0.301 e. The first-order chi connectivity index (χ1) is 8.45. The van der Waals surface area contributed by atoms with Gasteiger partial charge in [-0.05, 0) is 38.5 Å². The lowest BCUT2D eigenvalue weighted by Gasteiger charge is -2.17. The number of halogens is 1. The fourth-order valence-corrected chi connectivity index (χ4v) is 1.81. The molecule has 0 aliphatic rings. The molecule has 4 nitrogen and oxygen atoms in total. The van der Waals surface area contributed by atoms with Gasteiger partial charge in [-0.15, -0.1) is 0 Å². The molecule has 5 heteroatoms. The van der Waals surface area contributed by atoms with Gasteiger partial charge >= 0.3 is 0 Å². The molecule has 0 bridgehead atoms. The number of hydrogen-bond acceptors (Lipinski definition) is 3. The third-order valence-electron chi connectivity index (χ3n) is 2.76. The Balaban J connectivity index is 2.55. The number of hydrogen-bond donors (Lipinski definition) is 0. The quantitative estimate of drug-likeness (QED) is 0.800. The average Bonchev–Trinajstić information content (AvgIpc) is 2.73. The lowest BCUT2D eigenvalue weighted by molar-refractivity contribution is -0.114. The van der Waals surface area contributed by atoms with E-state index in [2.05, 4.69) is 10.1 Å². The Morgan fingerprint density at radius 2 is 2.11 bits per heavy atom. The van der Waals surface area contributed by atoms with E-state index in [1.54, 1.807) is 36.9 Å². The molecule has 18 heavy (non-hydrogen) atoms. The van der Waals surface area contributed by atoms with E-state index in [4.69, 9.17) is 11.6 Å². The van der Waals surface area contributed by atoms with Crippen molar-refractivity contribution in [3.05, 3.63) is 35.1 Å². The maximum atomic E-state index is 11.0. The van der Waals surface area contributed by atoms with E-state index < -0.39 is 5.54 Å². The van der Waals surface area contributed by atoms with Crippen LogP contribution in [0.3, 0.4) is 0 Å². The monoisotopic (exact) mass is 263 g/mol. The van der Waals surface area contributed by atoms with Crippen molar-refractivity contribution in [1.29, 1.82) is 0 Å². The molecule has 0 N–H and O–H groups in total. The lowest BCUT2D eigenvalue weighted by atomic mass is 10.1. The molecular formula is C13H14ClN3O. The molecule has 0 atom stereocenters. The van der Waals surface area contributed by atoms with Gasteiger partial charge in [-0.2, -0.15) is 5.10 Å². The first-order valence-electron chi connectivity index (χ1n) is 5.59. The summed E-state index contributed by atoms with van der Waals surface area (Å²) in [6, 6.07) is 3.54. The van der Waals surface area contributed by atoms with Gasteiger partial charge in [-0.1, -0.05) is 11.6 Å². The number of aryl methyl sites for hydroxylation is 1. The molecule has 2 heterocycles. The van der Waals surface area contributed by atoms with E-state index in [0.29, 0.717) is 16.4 Å². The van der Waals surface area contributed by atoms with E-state index in [0.717, 1.165) is 11.8 Å². The van der Waals surface area contributed by atoms with Crippen molar-refractivity contribution in [2.75, 3.05) is 0 Å². The van der Waals surface area contributed by atoms with Crippen LogP contribution in [0.2, 0.25) is 5.02 Å². The van der Waals surface area contributed by atoms with Gasteiger partial charge in [0.15, 0.2) is 0 Å². The molecule has 94 valence electrons. The molecule has 0 aliphatic carbocycles. The zero-order chi connectivity index (χ0) is 13.3. The Morgan fingerprint density at radius 3 is 2.72 bits per heavy atom. The summed E-state index contributed by atoms with van der Waals surface area (Å²) in [4.78, 5) is 15.3. The van der Waals surface area contributed by atoms with Crippen LogP contribution < -0.4 is 0 Å². The van der Waals surface area contributed by atoms with E-state index in [1.165, 1.54) is 0 Å². The zero-order valence-electron chi connectivity index (χ0n) is 10.5. The Kier molecular flexibility index (Phi) is 3.22. The van der Waals surface area contributed by atoms with Gasteiger partial charge in [0.05, 0.1) is 5.02 Å². The van der Waals surface area contributed by atoms with Gasteiger partial charge in [-0.25, -0.2) is 0 Å². The Hall–Kier alpha value is -1.68. The highest BCUT2D eigenvalue weighted by atomic mass is 35.5. The minimum Gasteiger partial charge on any atom is -0.301 e. The first kappa shape index (κ1) is 12.8. The summed E-state index contributed by atoms with van der Waals surface area (Å²) in [6.07, 6.45) is 4.36. The lowest BCUT2D eigenvalue weighted by Crippen LogP contribution is -2.28. The van der Waals surface area contributed by atoms with Crippen LogP contribution in [0.4, 0.5) is 0 Å². The normalized spacial score (nSPS) is 11.6. The van der Waals surface area contributed by atoms with Crippen molar-refractivity contribution >= 4 is 17.9 Å². The number of aromatic nitrogens is 3. The Bertz CT molecular complexity index is 590. The SMILES string of the molecule is Cc1cn(C(C)(C)C=O)nc1-c1ncccc1Cl. The second-order valence-corrected chi connectivity index (χ2v) is 5.12. The van der Waals surface area contributed by atoms with Crippen LogP contribution in [0.5, 0.6) is 0 Å². The fourth-order valence-electron chi connectivity index (χ4n) is 1.60. The van der Waals surface area contributed by atoms with Crippen molar-refractivity contribution in [2.45, 2.75) is 26.3 Å². The summed E-state index contributed by atoms with van der Waals surface area (Å²) in [6.45, 7) is 5.53. The highest BCUT2D eigenvalue weighted by Gasteiger charge is 2.22. The van der Waals surface area contributed by atoms with Crippen LogP contribution in [0, 0.1) is 6.92 Å². The molecule has 2 aromatic rings. The number of aldehydes is 1. The topological polar surface area (TPSA) is 47.8 Å². The number of carbonyl (C=O) groups excluding carboxylic acids is 1. The predicted molar refractivity (Wildman–Crippen MR) is 70.6 cm³/mol. The summed E-state index contributed by atoms with van der Waals surface area (Å²) in [5, 5.41) is 4.97. The van der Waals surface area contributed by atoms with Crippen molar-refractivity contribution in [1.82, 2.24) is 14.8 Å². The molecule has 0 fully saturated rings. The second kappa shape index (κ2) is 4.53. The molecule has 0 aliphatic heterocycles. The highest BCUT2D eigenvalue weighted by Crippen LogP contribution is 2.27. The second-order valence-electron chi connectivity index (χ2n) is 4.71. The minimum atomic E-state index is -0.676. The smallest absolute Gasteiger partial charge is 0.147 e. The third kappa shape index (κ3) is 2.16. The van der Waals surface area contributed by atoms with E-state index >= 15 is 0 Å². The molecule has 0 spiro atoms. The summed E-state index contributed by atoms with van der Waals surface area (Å²) >= 11 is 6.11. The van der Waals surface area contributed by atoms with Crippen LogP contribution in [-0.2, 0) is 10.3 Å². The van der Waals surface area contributed by atoms with Crippen LogP contribution in [-0.4, -0.2) is 21.1 Å². The minimum absolute atomic E-state index is 0.551. The van der Waals surface area contributed by atoms with Gasteiger partial charge in [0.2, 0.25) is 0 Å². The molecule has 0 saturated carbocycles. The maximum absolute atomic E-state index is 11.0. The molecule has 2 aromatic heterocycles. The molecule has 2 rings (SSSR count). The highest BCUT2D eigenvalue weighted by molar-refractivity contribution is 6.32. The molecule has 0 amide bonds. The average molecular weight is 264 g/mol. The molecular weight excluding hydrogens is 250 g/mol. The summed E-state index contributed by atoms with van der Waals surface area (Å²) < 4.78 is 1.63. The van der Waals surface area contributed by atoms with Gasteiger partial charge < -0.3 is 4.79 Å². The van der Waals surface area contributed by atoms with Crippen molar-refractivity contribution in [2.24, 2.45) is 0 Å². The van der Waals surface area contributed by atoms with Gasteiger partial charge in [0.1, 0.15) is 23.2 Å². The van der Waals surface area contributed by atoms with Crippen LogP contribution >= 0.6 is 11.6 Å². The van der Waals surface area contributed by atoms with Gasteiger partial charge in [0, 0.05) is 12.4 Å². The van der Waals surface area contributed by atoms with Crippen LogP contribution in [0.25, 0.3) is 11.4 Å². The molecule has 0 saturated heterocycles. The number of carbonyl (C=O) groups is 1. The van der Waals surface area contributed by atoms with Crippen molar-refractivity contribution in [3.8, 4) is 11.4 Å². The summed E-state index contributed by atoms with van der Waals surface area (Å²) in [5.74, 6) is 0. The number of rotatable bonds is 3. The molecule has 0 unspecified atom stereocenters. The standard InChI is InChI=1S/C13H14ClN3O/c1-9-7-17(13(2,3)8-18)16-11(9)12-10(14)5-4-6-15-12/h4-8H,1-3H3. The van der Waals surface area contributed by atoms with Gasteiger partial charge in [0.25, 0.3) is 0 Å². The molecule has 0 radical (unpaired) electrons. The van der Waals surface area contributed by atoms with Crippen LogP contribution in [0.15, 0.2) is 24.5 Å². The van der Waals surface area contributed by atoms with Crippen LogP contribution in [0.1, 0.15) is 19.4 Å². The third-order valence-corrected chi connectivity index (χ3v) is 3.06. The predicted octanol–water partition coefficient (Wildman–Crippen LogP) is 2.84.